The summed E-state index contributed by atoms with van der Waals surface area (Å²) in [6.07, 6.45) is 7.69. The second-order valence-corrected chi connectivity index (χ2v) is 6.71. The number of hydrogen-bond acceptors (Lipinski definition) is 3. The van der Waals surface area contributed by atoms with Crippen molar-refractivity contribution in [2.45, 2.75) is 44.6 Å². The van der Waals surface area contributed by atoms with Crippen molar-refractivity contribution in [1.82, 2.24) is 9.80 Å². The van der Waals surface area contributed by atoms with Gasteiger partial charge in [0, 0.05) is 50.7 Å². The fraction of sp³-hybridized carbons (Fsp3) is 0.632. The average Bonchev–Trinajstić information content (AvgIpc) is 2.61. The lowest BCUT2D eigenvalue weighted by molar-refractivity contribution is 0.0744. The molecule has 1 aromatic carbocycles. The van der Waals surface area contributed by atoms with Crippen molar-refractivity contribution in [1.29, 1.82) is 0 Å². The summed E-state index contributed by atoms with van der Waals surface area (Å²) >= 11 is 0. The SMILES string of the molecule is O=C(CCN1CCN(C2CCCCC2)CC1)c1ccccc1. The Hall–Kier alpha value is -1.19. The number of rotatable bonds is 5. The van der Waals surface area contributed by atoms with E-state index in [4.69, 9.17) is 0 Å². The van der Waals surface area contributed by atoms with Gasteiger partial charge < -0.3 is 4.90 Å². The highest BCUT2D eigenvalue weighted by Crippen LogP contribution is 2.23. The molecule has 0 N–H and O–H groups in total. The van der Waals surface area contributed by atoms with Gasteiger partial charge in [0.2, 0.25) is 0 Å². The van der Waals surface area contributed by atoms with Crippen LogP contribution in [0.4, 0.5) is 0 Å². The summed E-state index contributed by atoms with van der Waals surface area (Å²) in [4.78, 5) is 17.3. The molecule has 120 valence electrons. The number of carbonyl (C=O) groups is 1. The zero-order valence-corrected chi connectivity index (χ0v) is 13.5. The number of hydrogen-bond donors (Lipinski definition) is 0. The molecule has 1 saturated heterocycles. The van der Waals surface area contributed by atoms with Gasteiger partial charge in [-0.2, -0.15) is 0 Å². The van der Waals surface area contributed by atoms with Crippen LogP contribution in [-0.2, 0) is 0 Å². The Morgan fingerprint density at radius 1 is 0.955 bits per heavy atom. The van der Waals surface area contributed by atoms with E-state index in [1.807, 2.05) is 30.3 Å². The minimum absolute atomic E-state index is 0.273. The topological polar surface area (TPSA) is 23.6 Å². The van der Waals surface area contributed by atoms with Crippen LogP contribution in [-0.4, -0.2) is 54.3 Å². The lowest BCUT2D eigenvalue weighted by atomic mass is 9.94. The van der Waals surface area contributed by atoms with Crippen LogP contribution in [0.5, 0.6) is 0 Å². The van der Waals surface area contributed by atoms with Crippen LogP contribution in [0.25, 0.3) is 0 Å². The maximum atomic E-state index is 12.2. The maximum absolute atomic E-state index is 12.2. The van der Waals surface area contributed by atoms with Crippen molar-refractivity contribution in [3.63, 3.8) is 0 Å². The Kier molecular flexibility index (Phi) is 5.63. The zero-order valence-electron chi connectivity index (χ0n) is 13.5. The number of nitrogens with zero attached hydrogens (tertiary/aromatic N) is 2. The van der Waals surface area contributed by atoms with E-state index in [-0.39, 0.29) is 5.78 Å². The molecule has 3 heteroatoms. The molecule has 2 fully saturated rings. The molecule has 0 radical (unpaired) electrons. The molecule has 0 spiro atoms. The molecular formula is C19H28N2O. The van der Waals surface area contributed by atoms with Crippen molar-refractivity contribution in [3.8, 4) is 0 Å². The molecule has 3 rings (SSSR count). The Labute approximate surface area is 134 Å². The number of benzene rings is 1. The molecule has 1 heterocycles. The smallest absolute Gasteiger partial charge is 0.164 e. The summed E-state index contributed by atoms with van der Waals surface area (Å²) in [6, 6.07) is 10.5. The minimum atomic E-state index is 0.273. The average molecular weight is 300 g/mol. The van der Waals surface area contributed by atoms with E-state index in [1.54, 1.807) is 0 Å². The molecule has 0 atom stereocenters. The van der Waals surface area contributed by atoms with E-state index >= 15 is 0 Å². The van der Waals surface area contributed by atoms with Gasteiger partial charge in [-0.15, -0.1) is 0 Å². The van der Waals surface area contributed by atoms with E-state index in [0.29, 0.717) is 6.42 Å². The summed E-state index contributed by atoms with van der Waals surface area (Å²) < 4.78 is 0. The predicted molar refractivity (Wildman–Crippen MR) is 90.3 cm³/mol. The Bertz CT molecular complexity index is 460. The summed E-state index contributed by atoms with van der Waals surface area (Å²) in [6.45, 7) is 5.53. The minimum Gasteiger partial charge on any atom is -0.300 e. The van der Waals surface area contributed by atoms with Crippen LogP contribution in [0, 0.1) is 0 Å². The first-order valence-electron chi connectivity index (χ1n) is 8.87. The van der Waals surface area contributed by atoms with Gasteiger partial charge >= 0.3 is 0 Å². The summed E-state index contributed by atoms with van der Waals surface area (Å²) in [7, 11) is 0. The van der Waals surface area contributed by atoms with Gasteiger partial charge in [-0.05, 0) is 12.8 Å². The molecular weight excluding hydrogens is 272 g/mol. The first-order valence-corrected chi connectivity index (χ1v) is 8.87. The molecule has 22 heavy (non-hydrogen) atoms. The summed E-state index contributed by atoms with van der Waals surface area (Å²) in [5.74, 6) is 0.273. The molecule has 1 saturated carbocycles. The molecule has 0 amide bonds. The largest absolute Gasteiger partial charge is 0.300 e. The van der Waals surface area contributed by atoms with Crippen molar-refractivity contribution in [2.24, 2.45) is 0 Å². The van der Waals surface area contributed by atoms with E-state index in [1.165, 1.54) is 45.2 Å². The van der Waals surface area contributed by atoms with Crippen molar-refractivity contribution < 1.29 is 4.79 Å². The van der Waals surface area contributed by atoms with Gasteiger partial charge in [0.1, 0.15) is 0 Å². The molecule has 1 aliphatic carbocycles. The lowest BCUT2D eigenvalue weighted by Crippen LogP contribution is -2.51. The van der Waals surface area contributed by atoms with Gasteiger partial charge in [0.25, 0.3) is 0 Å². The highest BCUT2D eigenvalue weighted by atomic mass is 16.1. The molecule has 2 aliphatic rings. The van der Waals surface area contributed by atoms with Crippen molar-refractivity contribution in [3.05, 3.63) is 35.9 Å². The number of Topliss-reactive ketones (excluding diaryl/α,β-unsaturated/α-hetero) is 1. The summed E-state index contributed by atoms with van der Waals surface area (Å²) in [5, 5.41) is 0. The Morgan fingerprint density at radius 3 is 2.32 bits per heavy atom. The summed E-state index contributed by atoms with van der Waals surface area (Å²) in [5.41, 5.74) is 0.850. The van der Waals surface area contributed by atoms with Crippen LogP contribution >= 0.6 is 0 Å². The van der Waals surface area contributed by atoms with Gasteiger partial charge in [-0.25, -0.2) is 0 Å². The van der Waals surface area contributed by atoms with Crippen LogP contribution in [0.3, 0.4) is 0 Å². The van der Waals surface area contributed by atoms with Gasteiger partial charge in [-0.1, -0.05) is 49.6 Å². The predicted octanol–water partition coefficient (Wildman–Crippen LogP) is 3.21. The molecule has 0 unspecified atom stereocenters. The molecule has 0 aromatic heterocycles. The fourth-order valence-corrected chi connectivity index (χ4v) is 3.83. The van der Waals surface area contributed by atoms with Crippen LogP contribution in [0.2, 0.25) is 0 Å². The second kappa shape index (κ2) is 7.89. The van der Waals surface area contributed by atoms with Crippen LogP contribution in [0.1, 0.15) is 48.9 Å². The third kappa shape index (κ3) is 4.17. The first-order chi connectivity index (χ1) is 10.8. The monoisotopic (exact) mass is 300 g/mol. The maximum Gasteiger partial charge on any atom is 0.164 e. The molecule has 1 aromatic rings. The van der Waals surface area contributed by atoms with Gasteiger partial charge in [0.15, 0.2) is 5.78 Å². The Balaban J connectivity index is 1.39. The number of ketones is 1. The first kappa shape index (κ1) is 15.7. The fourth-order valence-electron chi connectivity index (χ4n) is 3.83. The lowest BCUT2D eigenvalue weighted by Gasteiger charge is -2.40. The van der Waals surface area contributed by atoms with Crippen molar-refractivity contribution in [2.75, 3.05) is 32.7 Å². The second-order valence-electron chi connectivity index (χ2n) is 6.71. The third-order valence-corrected chi connectivity index (χ3v) is 5.25. The highest BCUT2D eigenvalue weighted by molar-refractivity contribution is 5.96. The normalized spacial score (nSPS) is 21.8. The van der Waals surface area contributed by atoms with Crippen LogP contribution in [0.15, 0.2) is 30.3 Å². The quantitative estimate of drug-likeness (QED) is 0.780. The Morgan fingerprint density at radius 2 is 1.64 bits per heavy atom. The third-order valence-electron chi connectivity index (χ3n) is 5.25. The van der Waals surface area contributed by atoms with E-state index in [2.05, 4.69) is 9.80 Å². The molecule has 1 aliphatic heterocycles. The van der Waals surface area contributed by atoms with Gasteiger partial charge in [0.05, 0.1) is 0 Å². The van der Waals surface area contributed by atoms with Crippen LogP contribution < -0.4 is 0 Å². The highest BCUT2D eigenvalue weighted by Gasteiger charge is 2.25. The van der Waals surface area contributed by atoms with E-state index < -0.39 is 0 Å². The van der Waals surface area contributed by atoms with E-state index in [0.717, 1.165) is 31.2 Å². The van der Waals surface area contributed by atoms with E-state index in [9.17, 15) is 4.79 Å². The molecule has 3 nitrogen and oxygen atoms in total. The van der Waals surface area contributed by atoms with Crippen molar-refractivity contribution >= 4 is 5.78 Å². The standard InChI is InChI=1S/C19H28N2O/c22-19(17-7-3-1-4-8-17)11-12-20-13-15-21(16-14-20)18-9-5-2-6-10-18/h1,3-4,7-8,18H,2,5-6,9-16H2. The number of piperazine rings is 1. The number of carbonyl (C=O) groups excluding carboxylic acids is 1. The zero-order chi connectivity index (χ0) is 15.2. The molecule has 0 bridgehead atoms. The van der Waals surface area contributed by atoms with Gasteiger partial charge in [-0.3, -0.25) is 9.69 Å².